The highest BCUT2D eigenvalue weighted by Gasteiger charge is 2.12. The monoisotopic (exact) mass is 387 g/mol. The van der Waals surface area contributed by atoms with Gasteiger partial charge in [0.15, 0.2) is 5.82 Å². The first-order valence-electron chi connectivity index (χ1n) is 9.19. The van der Waals surface area contributed by atoms with Crippen LogP contribution in [0.25, 0.3) is 16.9 Å². The van der Waals surface area contributed by atoms with Gasteiger partial charge >= 0.3 is 6.03 Å². The normalized spacial score (nSPS) is 10.7. The van der Waals surface area contributed by atoms with Crippen molar-refractivity contribution in [2.24, 2.45) is 0 Å². The fourth-order valence-corrected chi connectivity index (χ4v) is 3.15. The third-order valence-corrected chi connectivity index (χ3v) is 4.42. The Bertz CT molecular complexity index is 1180. The molecule has 146 valence electrons. The molecular formula is C21H21N7O. The Morgan fingerprint density at radius 2 is 1.83 bits per heavy atom. The quantitative estimate of drug-likeness (QED) is 0.488. The van der Waals surface area contributed by atoms with Crippen molar-refractivity contribution in [1.82, 2.24) is 25.0 Å². The van der Waals surface area contributed by atoms with Crippen LogP contribution in [0.3, 0.4) is 0 Å². The van der Waals surface area contributed by atoms with Gasteiger partial charge in [0.2, 0.25) is 0 Å². The summed E-state index contributed by atoms with van der Waals surface area (Å²) in [6, 6.07) is 14.7. The lowest BCUT2D eigenvalue weighted by molar-refractivity contribution is 0.262. The molecule has 3 heterocycles. The number of nitrogens with one attached hydrogen (secondary N) is 3. The Hall–Kier alpha value is -3.94. The lowest BCUT2D eigenvalue weighted by Crippen LogP contribution is -2.21. The van der Waals surface area contributed by atoms with Crippen LogP contribution in [0.15, 0.2) is 54.7 Å². The van der Waals surface area contributed by atoms with Crippen molar-refractivity contribution in [3.05, 3.63) is 71.8 Å². The molecule has 2 amide bonds. The zero-order valence-electron chi connectivity index (χ0n) is 16.4. The van der Waals surface area contributed by atoms with Crippen molar-refractivity contribution in [2.45, 2.75) is 20.8 Å². The lowest BCUT2D eigenvalue weighted by Gasteiger charge is -2.12. The van der Waals surface area contributed by atoms with E-state index in [2.05, 4.69) is 30.9 Å². The van der Waals surface area contributed by atoms with Crippen molar-refractivity contribution >= 4 is 17.5 Å². The second-order valence-corrected chi connectivity index (χ2v) is 6.79. The van der Waals surface area contributed by atoms with Gasteiger partial charge in [-0.05, 0) is 51.1 Å². The molecular weight excluding hydrogens is 366 g/mol. The molecule has 3 aromatic heterocycles. The van der Waals surface area contributed by atoms with Crippen molar-refractivity contribution in [3.63, 3.8) is 0 Å². The van der Waals surface area contributed by atoms with Crippen molar-refractivity contribution < 1.29 is 4.79 Å². The molecule has 0 fully saturated rings. The summed E-state index contributed by atoms with van der Waals surface area (Å²) in [4.78, 5) is 16.7. The Morgan fingerprint density at radius 1 is 1.00 bits per heavy atom. The van der Waals surface area contributed by atoms with E-state index in [0.29, 0.717) is 11.5 Å². The number of para-hydroxylation sites is 2. The smallest absolute Gasteiger partial charge is 0.306 e. The molecule has 0 aliphatic rings. The van der Waals surface area contributed by atoms with E-state index in [9.17, 15) is 4.79 Å². The average Bonchev–Trinajstić information content (AvgIpc) is 3.28. The first kappa shape index (κ1) is 18.4. The zero-order valence-corrected chi connectivity index (χ0v) is 16.4. The summed E-state index contributed by atoms with van der Waals surface area (Å²) >= 11 is 0. The van der Waals surface area contributed by atoms with E-state index in [1.54, 1.807) is 12.3 Å². The van der Waals surface area contributed by atoms with Gasteiger partial charge in [0.1, 0.15) is 0 Å². The number of aromatic amines is 1. The summed E-state index contributed by atoms with van der Waals surface area (Å²) in [5, 5.41) is 17.2. The number of hydrogen-bond donors (Lipinski definition) is 3. The second-order valence-electron chi connectivity index (χ2n) is 6.79. The SMILES string of the molecule is Cc1cc(-c2cc(NC(=O)Nc3ccccc3-n3nc(C)cc3C)n[nH]2)ccn1. The maximum atomic E-state index is 12.5. The van der Waals surface area contributed by atoms with E-state index < -0.39 is 0 Å². The number of benzene rings is 1. The number of urea groups is 1. The van der Waals surface area contributed by atoms with Crippen LogP contribution in [0.2, 0.25) is 0 Å². The molecule has 0 aliphatic carbocycles. The summed E-state index contributed by atoms with van der Waals surface area (Å²) in [6.07, 6.45) is 1.74. The molecule has 0 unspecified atom stereocenters. The summed E-state index contributed by atoms with van der Waals surface area (Å²) in [7, 11) is 0. The maximum Gasteiger partial charge on any atom is 0.324 e. The number of H-pyrrole nitrogens is 1. The molecule has 8 heteroatoms. The highest BCUT2D eigenvalue weighted by Crippen LogP contribution is 2.23. The Balaban J connectivity index is 1.51. The van der Waals surface area contributed by atoms with Crippen LogP contribution >= 0.6 is 0 Å². The number of nitrogens with zero attached hydrogens (tertiary/aromatic N) is 4. The van der Waals surface area contributed by atoms with E-state index in [1.165, 1.54) is 0 Å². The van der Waals surface area contributed by atoms with E-state index in [0.717, 1.165) is 34.0 Å². The van der Waals surface area contributed by atoms with E-state index in [-0.39, 0.29) is 6.03 Å². The van der Waals surface area contributed by atoms with Gasteiger partial charge in [0, 0.05) is 29.2 Å². The minimum Gasteiger partial charge on any atom is -0.306 e. The number of amides is 2. The lowest BCUT2D eigenvalue weighted by atomic mass is 10.2. The van der Waals surface area contributed by atoms with Gasteiger partial charge in [0.25, 0.3) is 0 Å². The zero-order chi connectivity index (χ0) is 20.4. The van der Waals surface area contributed by atoms with Gasteiger partial charge in [-0.1, -0.05) is 12.1 Å². The Morgan fingerprint density at radius 3 is 2.59 bits per heavy atom. The number of aryl methyl sites for hydroxylation is 3. The molecule has 0 bridgehead atoms. The van der Waals surface area contributed by atoms with Gasteiger partial charge in [-0.2, -0.15) is 10.2 Å². The predicted octanol–water partition coefficient (Wildman–Crippen LogP) is 4.23. The van der Waals surface area contributed by atoms with Crippen LogP contribution < -0.4 is 10.6 Å². The van der Waals surface area contributed by atoms with Crippen LogP contribution in [0.1, 0.15) is 17.1 Å². The topological polar surface area (TPSA) is 101 Å². The maximum absolute atomic E-state index is 12.5. The van der Waals surface area contributed by atoms with E-state index in [1.807, 2.05) is 67.9 Å². The summed E-state index contributed by atoms with van der Waals surface area (Å²) in [5.41, 5.74) is 6.01. The molecule has 0 atom stereocenters. The molecule has 0 radical (unpaired) electrons. The fraction of sp³-hybridized carbons (Fsp3) is 0.143. The number of anilines is 2. The Labute approximate surface area is 168 Å². The van der Waals surface area contributed by atoms with Gasteiger partial charge in [0.05, 0.1) is 22.8 Å². The van der Waals surface area contributed by atoms with Gasteiger partial charge in [-0.15, -0.1) is 0 Å². The van der Waals surface area contributed by atoms with Crippen LogP contribution in [-0.2, 0) is 0 Å². The number of pyridine rings is 1. The van der Waals surface area contributed by atoms with Crippen molar-refractivity contribution in [1.29, 1.82) is 0 Å². The summed E-state index contributed by atoms with van der Waals surface area (Å²) in [6.45, 7) is 5.83. The standard InChI is InChI=1S/C21H21N7O/c1-13-11-16(8-9-22-13)18-12-20(26-25-18)24-21(29)23-17-6-4-5-7-19(17)28-15(3)10-14(2)27-28/h4-12H,1-3H3,(H3,23,24,25,26,29). The molecule has 0 spiro atoms. The average molecular weight is 387 g/mol. The number of rotatable bonds is 4. The molecule has 4 rings (SSSR count). The summed E-state index contributed by atoms with van der Waals surface area (Å²) in [5.74, 6) is 0.426. The molecule has 0 saturated heterocycles. The minimum absolute atomic E-state index is 0.386. The van der Waals surface area contributed by atoms with Crippen LogP contribution in [0.5, 0.6) is 0 Å². The third kappa shape index (κ3) is 4.01. The van der Waals surface area contributed by atoms with Crippen LogP contribution in [0.4, 0.5) is 16.3 Å². The molecule has 1 aromatic carbocycles. The van der Waals surface area contributed by atoms with Crippen molar-refractivity contribution in [2.75, 3.05) is 10.6 Å². The van der Waals surface area contributed by atoms with E-state index in [4.69, 9.17) is 0 Å². The predicted molar refractivity (Wildman–Crippen MR) is 112 cm³/mol. The first-order chi connectivity index (χ1) is 14.0. The second kappa shape index (κ2) is 7.59. The largest absolute Gasteiger partial charge is 0.324 e. The van der Waals surface area contributed by atoms with Crippen LogP contribution in [-0.4, -0.2) is 31.0 Å². The first-order valence-corrected chi connectivity index (χ1v) is 9.19. The molecule has 4 aromatic rings. The molecule has 0 aliphatic heterocycles. The molecule has 3 N–H and O–H groups in total. The number of carbonyl (C=O) groups excluding carboxylic acids is 1. The Kier molecular flexibility index (Phi) is 4.82. The number of carbonyl (C=O) groups is 1. The summed E-state index contributed by atoms with van der Waals surface area (Å²) < 4.78 is 1.81. The number of hydrogen-bond acceptors (Lipinski definition) is 4. The minimum atomic E-state index is -0.386. The van der Waals surface area contributed by atoms with Gasteiger partial charge in [-0.25, -0.2) is 9.48 Å². The fourth-order valence-electron chi connectivity index (χ4n) is 3.15. The highest BCUT2D eigenvalue weighted by atomic mass is 16.2. The number of aromatic nitrogens is 5. The third-order valence-electron chi connectivity index (χ3n) is 4.42. The molecule has 29 heavy (non-hydrogen) atoms. The van der Waals surface area contributed by atoms with E-state index >= 15 is 0 Å². The molecule has 0 saturated carbocycles. The van der Waals surface area contributed by atoms with Crippen molar-refractivity contribution in [3.8, 4) is 16.9 Å². The molecule has 8 nitrogen and oxygen atoms in total. The van der Waals surface area contributed by atoms with Crippen LogP contribution in [0, 0.1) is 20.8 Å². The highest BCUT2D eigenvalue weighted by molar-refractivity contribution is 6.00. The van der Waals surface area contributed by atoms with Gasteiger partial charge in [-0.3, -0.25) is 15.4 Å². The van der Waals surface area contributed by atoms with Gasteiger partial charge < -0.3 is 5.32 Å².